The Labute approximate surface area is 137 Å². The minimum Gasteiger partial charge on any atom is -0.493 e. The van der Waals surface area contributed by atoms with Gasteiger partial charge in [-0.05, 0) is 37.3 Å². The van der Waals surface area contributed by atoms with Gasteiger partial charge < -0.3 is 10.1 Å². The Kier molecular flexibility index (Phi) is 5.34. The molecule has 0 spiro atoms. The minimum absolute atomic E-state index is 0.285. The zero-order chi connectivity index (χ0) is 15.4. The molecule has 0 radical (unpaired) electrons. The Hall–Kier alpha value is -1.42. The van der Waals surface area contributed by atoms with Crippen LogP contribution in [0, 0.1) is 0 Å². The van der Waals surface area contributed by atoms with Gasteiger partial charge in [-0.15, -0.1) is 0 Å². The smallest absolute Gasteiger partial charge is 0.259 e. The van der Waals surface area contributed by atoms with Crippen molar-refractivity contribution in [3.05, 3.63) is 57.0 Å². The van der Waals surface area contributed by atoms with Gasteiger partial charge in [-0.2, -0.15) is 0 Å². The molecule has 110 valence electrons. The van der Waals surface area contributed by atoms with Gasteiger partial charge in [-0.25, -0.2) is 0 Å². The van der Waals surface area contributed by atoms with Gasteiger partial charge in [0.1, 0.15) is 5.75 Å². The zero-order valence-corrected chi connectivity index (χ0v) is 13.4. The molecule has 3 nitrogen and oxygen atoms in total. The quantitative estimate of drug-likeness (QED) is 0.817. The van der Waals surface area contributed by atoms with E-state index in [1.165, 1.54) is 0 Å². The van der Waals surface area contributed by atoms with E-state index in [9.17, 15) is 4.79 Å². The normalized spacial score (nSPS) is 10.3. The van der Waals surface area contributed by atoms with Crippen molar-refractivity contribution in [2.75, 3.05) is 11.9 Å². The highest BCUT2D eigenvalue weighted by molar-refractivity contribution is 6.44. The monoisotopic (exact) mass is 343 g/mol. The first kappa shape index (κ1) is 16.0. The molecule has 0 aliphatic heterocycles. The van der Waals surface area contributed by atoms with Crippen LogP contribution in [-0.4, -0.2) is 12.5 Å². The fourth-order valence-electron chi connectivity index (χ4n) is 1.75. The van der Waals surface area contributed by atoms with E-state index in [4.69, 9.17) is 39.5 Å². The third-order valence-electron chi connectivity index (χ3n) is 2.69. The van der Waals surface area contributed by atoms with Crippen LogP contribution in [0.3, 0.4) is 0 Å². The molecule has 0 aliphatic carbocycles. The first-order valence-corrected chi connectivity index (χ1v) is 7.34. The number of hydrogen-bond donors (Lipinski definition) is 1. The molecule has 2 aromatic rings. The molecule has 0 aromatic heterocycles. The maximum absolute atomic E-state index is 12.4. The second-order valence-corrected chi connectivity index (χ2v) is 5.35. The van der Waals surface area contributed by atoms with Crippen LogP contribution in [0.5, 0.6) is 5.75 Å². The largest absolute Gasteiger partial charge is 0.493 e. The average molecular weight is 345 g/mol. The molecule has 2 aromatic carbocycles. The van der Waals surface area contributed by atoms with Crippen LogP contribution in [0.15, 0.2) is 36.4 Å². The van der Waals surface area contributed by atoms with Crippen molar-refractivity contribution in [3.8, 4) is 5.75 Å². The summed E-state index contributed by atoms with van der Waals surface area (Å²) in [4.78, 5) is 12.4. The standard InChI is InChI=1S/C15H12Cl3NO2/c1-2-21-13-7-6-9(16)8-10(13)15(20)19-12-5-3-4-11(17)14(12)18/h3-8H,2H2,1H3,(H,19,20). The number of hydrogen-bond acceptors (Lipinski definition) is 2. The highest BCUT2D eigenvalue weighted by atomic mass is 35.5. The molecule has 1 amide bonds. The van der Waals surface area contributed by atoms with E-state index in [1.54, 1.807) is 36.4 Å². The van der Waals surface area contributed by atoms with E-state index in [0.717, 1.165) is 0 Å². The number of ether oxygens (including phenoxy) is 1. The van der Waals surface area contributed by atoms with E-state index in [-0.39, 0.29) is 10.9 Å². The lowest BCUT2D eigenvalue weighted by molar-refractivity contribution is 0.102. The number of benzene rings is 2. The van der Waals surface area contributed by atoms with E-state index < -0.39 is 0 Å². The van der Waals surface area contributed by atoms with Crippen LogP contribution in [0.2, 0.25) is 15.1 Å². The van der Waals surface area contributed by atoms with Crippen molar-refractivity contribution in [1.82, 2.24) is 0 Å². The predicted octanol–water partition coefficient (Wildman–Crippen LogP) is 5.30. The minimum atomic E-state index is -0.370. The Balaban J connectivity index is 2.32. The fraction of sp³-hybridized carbons (Fsp3) is 0.133. The topological polar surface area (TPSA) is 38.3 Å². The van der Waals surface area contributed by atoms with Gasteiger partial charge in [0, 0.05) is 5.02 Å². The zero-order valence-electron chi connectivity index (χ0n) is 11.1. The number of anilines is 1. The second-order valence-electron chi connectivity index (χ2n) is 4.13. The summed E-state index contributed by atoms with van der Waals surface area (Å²) in [7, 11) is 0. The summed E-state index contributed by atoms with van der Waals surface area (Å²) in [6.45, 7) is 2.28. The highest BCUT2D eigenvalue weighted by Crippen LogP contribution is 2.31. The van der Waals surface area contributed by atoms with Crippen LogP contribution in [0.4, 0.5) is 5.69 Å². The summed E-state index contributed by atoms with van der Waals surface area (Å²) in [5.74, 6) is 0.0858. The third kappa shape index (κ3) is 3.82. The number of rotatable bonds is 4. The fourth-order valence-corrected chi connectivity index (χ4v) is 2.27. The Morgan fingerprint density at radius 1 is 1.19 bits per heavy atom. The summed E-state index contributed by atoms with van der Waals surface area (Å²) >= 11 is 17.9. The van der Waals surface area contributed by atoms with Crippen LogP contribution < -0.4 is 10.1 Å². The second kappa shape index (κ2) is 7.03. The summed E-state index contributed by atoms with van der Waals surface area (Å²) < 4.78 is 5.43. The summed E-state index contributed by atoms with van der Waals surface area (Å²) in [5, 5.41) is 3.80. The number of halogens is 3. The van der Waals surface area contributed by atoms with Crippen LogP contribution in [-0.2, 0) is 0 Å². The van der Waals surface area contributed by atoms with Gasteiger partial charge in [0.15, 0.2) is 0 Å². The molecule has 0 bridgehead atoms. The number of amides is 1. The molecule has 0 heterocycles. The van der Waals surface area contributed by atoms with Crippen LogP contribution in [0.25, 0.3) is 0 Å². The van der Waals surface area contributed by atoms with E-state index in [0.29, 0.717) is 33.7 Å². The molecule has 0 atom stereocenters. The highest BCUT2D eigenvalue weighted by Gasteiger charge is 2.15. The van der Waals surface area contributed by atoms with Crippen molar-refractivity contribution in [2.45, 2.75) is 6.92 Å². The van der Waals surface area contributed by atoms with Crippen molar-refractivity contribution in [3.63, 3.8) is 0 Å². The molecule has 0 aliphatic rings. The molecule has 0 saturated carbocycles. The lowest BCUT2D eigenvalue weighted by atomic mass is 10.2. The first-order valence-electron chi connectivity index (χ1n) is 6.20. The molecule has 0 fully saturated rings. The molecular formula is C15H12Cl3NO2. The van der Waals surface area contributed by atoms with E-state index >= 15 is 0 Å². The lowest BCUT2D eigenvalue weighted by Gasteiger charge is -2.12. The maximum Gasteiger partial charge on any atom is 0.259 e. The SMILES string of the molecule is CCOc1ccc(Cl)cc1C(=O)Nc1cccc(Cl)c1Cl. The van der Waals surface area contributed by atoms with Crippen molar-refractivity contribution in [2.24, 2.45) is 0 Å². The Morgan fingerprint density at radius 2 is 1.95 bits per heavy atom. The van der Waals surface area contributed by atoms with E-state index in [1.807, 2.05) is 6.92 Å². The van der Waals surface area contributed by atoms with Crippen molar-refractivity contribution in [1.29, 1.82) is 0 Å². The van der Waals surface area contributed by atoms with Gasteiger partial charge in [0.05, 0.1) is 27.9 Å². The number of carbonyl (C=O) groups excluding carboxylic acids is 1. The van der Waals surface area contributed by atoms with Crippen molar-refractivity contribution < 1.29 is 9.53 Å². The maximum atomic E-state index is 12.4. The van der Waals surface area contributed by atoms with Gasteiger partial charge in [0.25, 0.3) is 5.91 Å². The van der Waals surface area contributed by atoms with Crippen molar-refractivity contribution >= 4 is 46.4 Å². The predicted molar refractivity (Wildman–Crippen MR) is 87.0 cm³/mol. The first-order chi connectivity index (χ1) is 10.0. The van der Waals surface area contributed by atoms with Gasteiger partial charge in [0.2, 0.25) is 0 Å². The average Bonchev–Trinajstić information content (AvgIpc) is 2.46. The summed E-state index contributed by atoms with van der Waals surface area (Å²) in [5.41, 5.74) is 0.761. The Bertz CT molecular complexity index is 674. The van der Waals surface area contributed by atoms with Gasteiger partial charge >= 0.3 is 0 Å². The molecule has 2 rings (SSSR count). The number of carbonyl (C=O) groups is 1. The molecule has 0 saturated heterocycles. The molecule has 21 heavy (non-hydrogen) atoms. The third-order valence-corrected chi connectivity index (χ3v) is 3.74. The lowest BCUT2D eigenvalue weighted by Crippen LogP contribution is -2.14. The summed E-state index contributed by atoms with van der Waals surface area (Å²) in [6, 6.07) is 9.86. The summed E-state index contributed by atoms with van der Waals surface area (Å²) in [6.07, 6.45) is 0. The molecule has 1 N–H and O–H groups in total. The van der Waals surface area contributed by atoms with Crippen LogP contribution in [0.1, 0.15) is 17.3 Å². The van der Waals surface area contributed by atoms with Gasteiger partial charge in [-0.3, -0.25) is 4.79 Å². The molecular weight excluding hydrogens is 333 g/mol. The number of nitrogens with one attached hydrogen (secondary N) is 1. The molecule has 0 unspecified atom stereocenters. The Morgan fingerprint density at radius 3 is 2.67 bits per heavy atom. The van der Waals surface area contributed by atoms with E-state index in [2.05, 4.69) is 5.32 Å². The van der Waals surface area contributed by atoms with Gasteiger partial charge in [-0.1, -0.05) is 40.9 Å². The van der Waals surface area contributed by atoms with Crippen LogP contribution >= 0.6 is 34.8 Å². The molecule has 6 heteroatoms.